The Morgan fingerprint density at radius 3 is 2.86 bits per heavy atom. The molecule has 1 aliphatic rings. The van der Waals surface area contributed by atoms with E-state index in [0.29, 0.717) is 18.0 Å². The van der Waals surface area contributed by atoms with Gasteiger partial charge in [-0.15, -0.1) is 0 Å². The fraction of sp³-hybridized carbons (Fsp3) is 0.176. The molecule has 1 aromatic heterocycles. The van der Waals surface area contributed by atoms with Crippen LogP contribution in [0.3, 0.4) is 0 Å². The number of nitrogens with one attached hydrogen (secondary N) is 1. The van der Waals surface area contributed by atoms with Gasteiger partial charge in [-0.05, 0) is 30.3 Å². The molecule has 0 bridgehead atoms. The second-order valence-corrected chi connectivity index (χ2v) is 5.96. The summed E-state index contributed by atoms with van der Waals surface area (Å²) in [5, 5.41) is 0.637. The third-order valence-electron chi connectivity index (χ3n) is 4.04. The van der Waals surface area contributed by atoms with Gasteiger partial charge in [0.25, 0.3) is 0 Å². The summed E-state index contributed by atoms with van der Waals surface area (Å²) in [5.74, 6) is 1.06. The number of carbonyl (C=O) groups excluding carboxylic acids is 1. The minimum atomic E-state index is 0.0823. The summed E-state index contributed by atoms with van der Waals surface area (Å²) >= 11 is 6.02. The Bertz CT molecular complexity index is 825. The monoisotopic (exact) mass is 311 g/mol. The molecular formula is C17H14ClN3O. The van der Waals surface area contributed by atoms with Crippen LogP contribution < -0.4 is 4.90 Å². The molecule has 1 aliphatic heterocycles. The van der Waals surface area contributed by atoms with E-state index in [0.717, 1.165) is 22.5 Å². The minimum absolute atomic E-state index is 0.0823. The van der Waals surface area contributed by atoms with Crippen LogP contribution in [0.15, 0.2) is 48.5 Å². The van der Waals surface area contributed by atoms with E-state index >= 15 is 0 Å². The molecule has 22 heavy (non-hydrogen) atoms. The number of halogens is 1. The van der Waals surface area contributed by atoms with Crippen molar-refractivity contribution in [1.29, 1.82) is 0 Å². The first-order valence-corrected chi connectivity index (χ1v) is 7.59. The number of fused-ring (bicyclic) bond motifs is 1. The molecule has 5 heteroatoms. The molecule has 110 valence electrons. The second kappa shape index (κ2) is 5.14. The molecule has 1 saturated heterocycles. The van der Waals surface area contributed by atoms with Crippen LogP contribution in [0.2, 0.25) is 5.02 Å². The summed E-state index contributed by atoms with van der Waals surface area (Å²) in [5.41, 5.74) is 2.79. The SMILES string of the molecule is O=C1C[C@H](c2nc3ccccc3[nH]2)CN1c1cccc(Cl)c1. The Hall–Kier alpha value is -2.33. The Labute approximate surface area is 132 Å². The van der Waals surface area contributed by atoms with Gasteiger partial charge in [-0.3, -0.25) is 4.79 Å². The van der Waals surface area contributed by atoms with Crippen molar-refractivity contribution in [2.24, 2.45) is 0 Å². The topological polar surface area (TPSA) is 49.0 Å². The first-order valence-electron chi connectivity index (χ1n) is 7.21. The number of anilines is 1. The molecule has 1 fully saturated rings. The Morgan fingerprint density at radius 2 is 2.05 bits per heavy atom. The molecule has 4 nitrogen and oxygen atoms in total. The van der Waals surface area contributed by atoms with E-state index in [1.54, 1.807) is 4.90 Å². The summed E-state index contributed by atoms with van der Waals surface area (Å²) in [6.45, 7) is 0.624. The highest BCUT2D eigenvalue weighted by atomic mass is 35.5. The van der Waals surface area contributed by atoms with Gasteiger partial charge < -0.3 is 9.88 Å². The minimum Gasteiger partial charge on any atom is -0.342 e. The zero-order valence-corrected chi connectivity index (χ0v) is 12.5. The summed E-state index contributed by atoms with van der Waals surface area (Å²) in [6.07, 6.45) is 0.465. The maximum Gasteiger partial charge on any atom is 0.227 e. The fourth-order valence-corrected chi connectivity index (χ4v) is 3.13. The summed E-state index contributed by atoms with van der Waals surface area (Å²) in [4.78, 5) is 22.0. The van der Waals surface area contributed by atoms with Gasteiger partial charge in [0.15, 0.2) is 0 Å². The molecule has 2 aromatic carbocycles. The zero-order valence-electron chi connectivity index (χ0n) is 11.8. The number of amides is 1. The quantitative estimate of drug-likeness (QED) is 0.784. The maximum absolute atomic E-state index is 12.3. The molecule has 3 aromatic rings. The molecule has 1 N–H and O–H groups in total. The van der Waals surface area contributed by atoms with Gasteiger partial charge in [-0.25, -0.2) is 4.98 Å². The van der Waals surface area contributed by atoms with Crippen LogP contribution in [0.25, 0.3) is 11.0 Å². The van der Waals surface area contributed by atoms with Gasteiger partial charge >= 0.3 is 0 Å². The van der Waals surface area contributed by atoms with Gasteiger partial charge in [-0.1, -0.05) is 29.8 Å². The van der Waals surface area contributed by atoms with E-state index in [4.69, 9.17) is 11.6 Å². The Balaban J connectivity index is 1.64. The van der Waals surface area contributed by atoms with E-state index in [1.165, 1.54) is 0 Å². The standard InChI is InChI=1S/C17H14ClN3O/c18-12-4-3-5-13(9-12)21-10-11(8-16(21)22)17-19-14-6-1-2-7-15(14)20-17/h1-7,9,11H,8,10H2,(H,19,20)/t11-/m0/s1. The fourth-order valence-electron chi connectivity index (χ4n) is 2.95. The molecule has 4 rings (SSSR count). The first-order chi connectivity index (χ1) is 10.7. The normalized spacial score (nSPS) is 18.3. The third-order valence-corrected chi connectivity index (χ3v) is 4.27. The predicted octanol–water partition coefficient (Wildman–Crippen LogP) is 3.74. The second-order valence-electron chi connectivity index (χ2n) is 5.52. The number of rotatable bonds is 2. The molecule has 0 aliphatic carbocycles. The number of carbonyl (C=O) groups is 1. The highest BCUT2D eigenvalue weighted by molar-refractivity contribution is 6.30. The van der Waals surface area contributed by atoms with Crippen LogP contribution in [-0.2, 0) is 4.79 Å². The third kappa shape index (κ3) is 2.25. The van der Waals surface area contributed by atoms with Crippen LogP contribution in [0.5, 0.6) is 0 Å². The molecular weight excluding hydrogens is 298 g/mol. The number of hydrogen-bond donors (Lipinski definition) is 1. The van der Waals surface area contributed by atoms with Crippen molar-refractivity contribution < 1.29 is 4.79 Å². The van der Waals surface area contributed by atoms with Crippen molar-refractivity contribution >= 4 is 34.2 Å². The Kier molecular flexibility index (Phi) is 3.12. The van der Waals surface area contributed by atoms with Crippen molar-refractivity contribution in [2.75, 3.05) is 11.4 Å². The lowest BCUT2D eigenvalue weighted by molar-refractivity contribution is -0.117. The lowest BCUT2D eigenvalue weighted by Crippen LogP contribution is -2.24. The number of H-pyrrole nitrogens is 1. The molecule has 2 heterocycles. The van der Waals surface area contributed by atoms with Gasteiger partial charge in [0, 0.05) is 29.6 Å². The zero-order chi connectivity index (χ0) is 15.1. The average molecular weight is 312 g/mol. The number of nitrogens with zero attached hydrogens (tertiary/aromatic N) is 2. The first kappa shape index (κ1) is 13.3. The molecule has 1 atom stereocenters. The van der Waals surface area contributed by atoms with Gasteiger partial charge in [-0.2, -0.15) is 0 Å². The smallest absolute Gasteiger partial charge is 0.227 e. The lowest BCUT2D eigenvalue weighted by Gasteiger charge is -2.16. The highest BCUT2D eigenvalue weighted by Gasteiger charge is 2.33. The number of aromatic nitrogens is 2. The highest BCUT2D eigenvalue weighted by Crippen LogP contribution is 2.32. The van der Waals surface area contributed by atoms with Crippen LogP contribution in [0.1, 0.15) is 18.2 Å². The summed E-state index contributed by atoms with van der Waals surface area (Å²) < 4.78 is 0. The number of aromatic amines is 1. The van der Waals surface area contributed by atoms with Crippen LogP contribution >= 0.6 is 11.6 Å². The number of para-hydroxylation sites is 2. The summed E-state index contributed by atoms with van der Waals surface area (Å²) in [6, 6.07) is 15.3. The van der Waals surface area contributed by atoms with Crippen LogP contribution in [-0.4, -0.2) is 22.4 Å². The van der Waals surface area contributed by atoms with Crippen LogP contribution in [0, 0.1) is 0 Å². The van der Waals surface area contributed by atoms with E-state index in [1.807, 2.05) is 48.5 Å². The molecule has 0 radical (unpaired) electrons. The summed E-state index contributed by atoms with van der Waals surface area (Å²) in [7, 11) is 0. The van der Waals surface area contributed by atoms with Crippen molar-refractivity contribution in [3.05, 3.63) is 59.4 Å². The number of hydrogen-bond acceptors (Lipinski definition) is 2. The number of benzene rings is 2. The van der Waals surface area contributed by atoms with Crippen LogP contribution in [0.4, 0.5) is 5.69 Å². The van der Waals surface area contributed by atoms with Gasteiger partial charge in [0.05, 0.1) is 11.0 Å². The molecule has 0 unspecified atom stereocenters. The average Bonchev–Trinajstić information content (AvgIpc) is 3.10. The number of imidazole rings is 1. The molecule has 0 spiro atoms. The van der Waals surface area contributed by atoms with E-state index < -0.39 is 0 Å². The van der Waals surface area contributed by atoms with E-state index in [2.05, 4.69) is 9.97 Å². The van der Waals surface area contributed by atoms with E-state index in [9.17, 15) is 4.79 Å². The molecule has 1 amide bonds. The molecule has 0 saturated carbocycles. The lowest BCUT2D eigenvalue weighted by atomic mass is 10.1. The van der Waals surface area contributed by atoms with E-state index in [-0.39, 0.29) is 11.8 Å². The van der Waals surface area contributed by atoms with Crippen molar-refractivity contribution in [3.8, 4) is 0 Å². The van der Waals surface area contributed by atoms with Gasteiger partial charge in [0.2, 0.25) is 5.91 Å². The predicted molar refractivity (Wildman–Crippen MR) is 87.3 cm³/mol. The van der Waals surface area contributed by atoms with Crippen molar-refractivity contribution in [3.63, 3.8) is 0 Å². The largest absolute Gasteiger partial charge is 0.342 e. The van der Waals surface area contributed by atoms with Crippen molar-refractivity contribution in [1.82, 2.24) is 9.97 Å². The van der Waals surface area contributed by atoms with Crippen molar-refractivity contribution in [2.45, 2.75) is 12.3 Å². The Morgan fingerprint density at radius 1 is 1.18 bits per heavy atom. The van der Waals surface area contributed by atoms with Gasteiger partial charge in [0.1, 0.15) is 5.82 Å². The maximum atomic E-state index is 12.3.